The molecular weight excluding hydrogens is 693 g/mol. The van der Waals surface area contributed by atoms with Gasteiger partial charge in [-0.15, -0.1) is 0 Å². The molecule has 0 saturated heterocycles. The fraction of sp³-hybridized carbons (Fsp3) is 0.843. The number of hydrogen-bond acceptors (Lipinski definition) is 5. The van der Waals surface area contributed by atoms with Crippen molar-refractivity contribution < 1.29 is 23.8 Å². The third kappa shape index (κ3) is 44.8. The number of ether oxygens (including phenoxy) is 3. The molecule has 56 heavy (non-hydrogen) atoms. The van der Waals surface area contributed by atoms with Crippen LogP contribution in [0.25, 0.3) is 0 Å². The van der Waals surface area contributed by atoms with Crippen LogP contribution in [0.3, 0.4) is 0 Å². The van der Waals surface area contributed by atoms with E-state index in [1.54, 1.807) is 0 Å². The van der Waals surface area contributed by atoms with E-state index in [-0.39, 0.29) is 25.2 Å². The number of esters is 2. The predicted octanol–water partition coefficient (Wildman–Crippen LogP) is 16.2. The number of carbonyl (C=O) groups is 2. The normalized spacial score (nSPS) is 12.4. The van der Waals surface area contributed by atoms with Gasteiger partial charge >= 0.3 is 11.9 Å². The highest BCUT2D eigenvalue weighted by Gasteiger charge is 2.17. The Hall–Kier alpha value is -1.88. The van der Waals surface area contributed by atoms with Crippen molar-refractivity contribution in [3.8, 4) is 0 Å². The smallest absolute Gasteiger partial charge is 0.306 e. The molecule has 0 aromatic rings. The first-order valence-corrected chi connectivity index (χ1v) is 24.5. The summed E-state index contributed by atoms with van der Waals surface area (Å²) in [6.07, 6.45) is 56.0. The molecule has 0 bridgehead atoms. The summed E-state index contributed by atoms with van der Waals surface area (Å²) in [7, 11) is 0. The second-order valence-corrected chi connectivity index (χ2v) is 16.4. The Morgan fingerprint density at radius 3 is 1.23 bits per heavy atom. The molecule has 0 rings (SSSR count). The number of carbonyl (C=O) groups excluding carboxylic acids is 2. The van der Waals surface area contributed by atoms with Crippen molar-refractivity contribution in [3.05, 3.63) is 36.5 Å². The van der Waals surface area contributed by atoms with Crippen molar-refractivity contribution in [1.29, 1.82) is 0 Å². The molecule has 0 saturated carbocycles. The highest BCUT2D eigenvalue weighted by Crippen LogP contribution is 2.14. The van der Waals surface area contributed by atoms with Crippen LogP contribution in [-0.4, -0.2) is 37.9 Å². The lowest BCUT2D eigenvalue weighted by atomic mass is 10.1. The van der Waals surface area contributed by atoms with Crippen LogP contribution in [0.4, 0.5) is 0 Å². The fourth-order valence-electron chi connectivity index (χ4n) is 6.95. The molecule has 0 N–H and O–H groups in total. The molecule has 328 valence electrons. The Balaban J connectivity index is 4.02. The molecule has 1 atom stereocenters. The molecule has 0 aromatic heterocycles. The van der Waals surface area contributed by atoms with Gasteiger partial charge in [-0.1, -0.05) is 198 Å². The second-order valence-electron chi connectivity index (χ2n) is 16.4. The van der Waals surface area contributed by atoms with Crippen LogP contribution in [0.5, 0.6) is 0 Å². The Morgan fingerprint density at radius 2 is 0.750 bits per heavy atom. The highest BCUT2D eigenvalue weighted by atomic mass is 16.6. The number of hydrogen-bond donors (Lipinski definition) is 0. The first-order chi connectivity index (χ1) is 27.6. The van der Waals surface area contributed by atoms with Gasteiger partial charge in [0.2, 0.25) is 0 Å². The Bertz CT molecular complexity index is 893. The third-order valence-corrected chi connectivity index (χ3v) is 10.6. The molecule has 0 amide bonds. The molecule has 0 fully saturated rings. The van der Waals surface area contributed by atoms with Gasteiger partial charge in [0.05, 0.1) is 6.61 Å². The maximum absolute atomic E-state index is 12.6. The molecular formula is C51H94O5. The van der Waals surface area contributed by atoms with Gasteiger partial charge in [0.25, 0.3) is 0 Å². The van der Waals surface area contributed by atoms with Gasteiger partial charge in [0, 0.05) is 19.4 Å². The molecule has 0 aliphatic rings. The average molecular weight is 787 g/mol. The lowest BCUT2D eigenvalue weighted by Crippen LogP contribution is -2.30. The van der Waals surface area contributed by atoms with E-state index in [9.17, 15) is 9.59 Å². The lowest BCUT2D eigenvalue weighted by Gasteiger charge is -2.18. The van der Waals surface area contributed by atoms with Crippen molar-refractivity contribution in [3.63, 3.8) is 0 Å². The summed E-state index contributed by atoms with van der Waals surface area (Å²) in [5, 5.41) is 0. The molecule has 0 aromatic carbocycles. The summed E-state index contributed by atoms with van der Waals surface area (Å²) >= 11 is 0. The van der Waals surface area contributed by atoms with Gasteiger partial charge < -0.3 is 14.2 Å². The maximum Gasteiger partial charge on any atom is 0.306 e. The van der Waals surface area contributed by atoms with Gasteiger partial charge in [-0.25, -0.2) is 0 Å². The highest BCUT2D eigenvalue weighted by molar-refractivity contribution is 5.70. The van der Waals surface area contributed by atoms with Gasteiger partial charge in [-0.2, -0.15) is 0 Å². The van der Waals surface area contributed by atoms with Crippen LogP contribution in [0.1, 0.15) is 252 Å². The zero-order chi connectivity index (χ0) is 40.7. The quantitative estimate of drug-likeness (QED) is 0.0349. The van der Waals surface area contributed by atoms with Crippen LogP contribution in [0.15, 0.2) is 36.5 Å². The summed E-state index contributed by atoms with van der Waals surface area (Å²) in [5.74, 6) is -0.410. The van der Waals surface area contributed by atoms with Crippen LogP contribution < -0.4 is 0 Å². The van der Waals surface area contributed by atoms with E-state index in [2.05, 4.69) is 57.2 Å². The number of allylic oxidation sites excluding steroid dienone is 6. The Kier molecular flexibility index (Phi) is 45.9. The summed E-state index contributed by atoms with van der Waals surface area (Å²) in [4.78, 5) is 25.1. The first-order valence-electron chi connectivity index (χ1n) is 24.5. The predicted molar refractivity (Wildman–Crippen MR) is 242 cm³/mol. The van der Waals surface area contributed by atoms with E-state index in [1.165, 1.54) is 167 Å². The zero-order valence-electron chi connectivity index (χ0n) is 37.7. The number of unbranched alkanes of at least 4 members (excludes halogenated alkanes) is 28. The van der Waals surface area contributed by atoms with Gasteiger partial charge in [0.15, 0.2) is 6.10 Å². The van der Waals surface area contributed by atoms with E-state index in [1.807, 2.05) is 0 Å². The standard InChI is InChI=1S/C51H94O5/c1-4-7-10-13-15-17-19-21-23-25-27-29-31-33-35-37-40-43-46-54-47-49(56-51(53)45-42-38-12-9-6-3)48-55-50(52)44-41-39-36-34-32-30-28-26-24-22-20-18-16-14-11-8-5-2/h15,17,21-24,49H,4-14,16,18-20,25-48H2,1-3H3/b17-15-,23-21-,24-22-. The van der Waals surface area contributed by atoms with E-state index in [4.69, 9.17) is 14.2 Å². The molecule has 5 nitrogen and oxygen atoms in total. The van der Waals surface area contributed by atoms with Crippen molar-refractivity contribution in [1.82, 2.24) is 0 Å². The van der Waals surface area contributed by atoms with Crippen molar-refractivity contribution in [2.24, 2.45) is 0 Å². The van der Waals surface area contributed by atoms with E-state index >= 15 is 0 Å². The van der Waals surface area contributed by atoms with Crippen molar-refractivity contribution in [2.75, 3.05) is 19.8 Å². The summed E-state index contributed by atoms with van der Waals surface area (Å²) in [6.45, 7) is 7.74. The molecule has 1 unspecified atom stereocenters. The monoisotopic (exact) mass is 787 g/mol. The van der Waals surface area contributed by atoms with Gasteiger partial charge in [-0.05, 0) is 77.0 Å². The minimum Gasteiger partial charge on any atom is -0.462 e. The fourth-order valence-corrected chi connectivity index (χ4v) is 6.95. The minimum atomic E-state index is -0.533. The summed E-state index contributed by atoms with van der Waals surface area (Å²) in [6, 6.07) is 0. The van der Waals surface area contributed by atoms with Crippen molar-refractivity contribution >= 4 is 11.9 Å². The number of rotatable bonds is 45. The zero-order valence-corrected chi connectivity index (χ0v) is 37.7. The molecule has 5 heteroatoms. The van der Waals surface area contributed by atoms with E-state index < -0.39 is 6.10 Å². The molecule has 0 aliphatic heterocycles. The van der Waals surface area contributed by atoms with Crippen LogP contribution in [0, 0.1) is 0 Å². The molecule has 0 aliphatic carbocycles. The van der Waals surface area contributed by atoms with Gasteiger partial charge in [-0.3, -0.25) is 9.59 Å². The van der Waals surface area contributed by atoms with E-state index in [0.717, 1.165) is 51.4 Å². The first kappa shape index (κ1) is 54.1. The Morgan fingerprint density at radius 1 is 0.393 bits per heavy atom. The summed E-state index contributed by atoms with van der Waals surface area (Å²) < 4.78 is 17.2. The SMILES string of the molecule is CCCCC/C=C\C/C=C\CCCCCCCCCCOCC(COC(=O)CCCCCCCCC/C=C\CCCCCCCC)OC(=O)CCCCCCC. The van der Waals surface area contributed by atoms with Crippen molar-refractivity contribution in [2.45, 2.75) is 258 Å². The van der Waals surface area contributed by atoms with Crippen LogP contribution in [0.2, 0.25) is 0 Å². The topological polar surface area (TPSA) is 61.8 Å². The average Bonchev–Trinajstić information content (AvgIpc) is 3.20. The van der Waals surface area contributed by atoms with Crippen LogP contribution in [-0.2, 0) is 23.8 Å². The maximum atomic E-state index is 12.6. The lowest BCUT2D eigenvalue weighted by molar-refractivity contribution is -0.163. The van der Waals surface area contributed by atoms with E-state index in [0.29, 0.717) is 19.4 Å². The largest absolute Gasteiger partial charge is 0.462 e. The van der Waals surface area contributed by atoms with Gasteiger partial charge in [0.1, 0.15) is 6.61 Å². The minimum absolute atomic E-state index is 0.0831. The molecule has 0 spiro atoms. The molecule has 0 heterocycles. The molecule has 0 radical (unpaired) electrons. The third-order valence-electron chi connectivity index (χ3n) is 10.6. The Labute approximate surface area is 349 Å². The second kappa shape index (κ2) is 47.5. The van der Waals surface area contributed by atoms with Crippen LogP contribution >= 0.6 is 0 Å². The summed E-state index contributed by atoms with van der Waals surface area (Å²) in [5.41, 5.74) is 0.